The van der Waals surface area contributed by atoms with Gasteiger partial charge in [0.15, 0.2) is 0 Å². The predicted octanol–water partition coefficient (Wildman–Crippen LogP) is 6.18. The quantitative estimate of drug-likeness (QED) is 0.348. The van der Waals surface area contributed by atoms with Crippen molar-refractivity contribution in [3.63, 3.8) is 0 Å². The fourth-order valence-corrected chi connectivity index (χ4v) is 6.64. The number of likely N-dealkylation sites (N-methyl/N-ethyl adjacent to an activating group) is 1. The van der Waals surface area contributed by atoms with Crippen molar-refractivity contribution in [2.45, 2.75) is 96.8 Å². The number of hydrogen-bond acceptors (Lipinski definition) is 6. The molecule has 0 aromatic heterocycles. The van der Waals surface area contributed by atoms with Crippen LogP contribution in [0.2, 0.25) is 0 Å². The van der Waals surface area contributed by atoms with Crippen molar-refractivity contribution in [2.75, 3.05) is 45.2 Å². The molecule has 0 bridgehead atoms. The van der Waals surface area contributed by atoms with Gasteiger partial charge in [-0.1, -0.05) is 56.5 Å². The minimum absolute atomic E-state index is 0.0387. The highest BCUT2D eigenvalue weighted by molar-refractivity contribution is 6.00. The Bertz CT molecular complexity index is 1200. The minimum atomic E-state index is -0.407. The van der Waals surface area contributed by atoms with Crippen LogP contribution in [0.15, 0.2) is 48.5 Å². The zero-order valence-corrected chi connectivity index (χ0v) is 27.9. The molecular formula is C37H55N3O5. The summed E-state index contributed by atoms with van der Waals surface area (Å²) in [6, 6.07) is 14.5. The number of carbonyl (C=O) groups is 2. The standard InChI is InChI=1S/C37H55N3O5/c1-27-23-40(28(2)26-41)37(43)33-22-32(38-36(42)21-30-14-7-5-8-15-30)18-19-34(33)45-29(3)13-11-12-20-44-35(27)25-39(4)24-31-16-9-6-10-17-31/h5,7-8,14-15,18-19,22,27-29,31,35,41H,6,9-13,16-17,20-21,23-26H2,1-4H3,(H,38,42)/t27-,28-,29-,35-/m0/s1. The molecule has 2 aromatic carbocycles. The third-order valence-electron chi connectivity index (χ3n) is 9.33. The summed E-state index contributed by atoms with van der Waals surface area (Å²) in [5.41, 5.74) is 1.84. The molecule has 2 aliphatic rings. The summed E-state index contributed by atoms with van der Waals surface area (Å²) in [6.45, 7) is 8.86. The fraction of sp³-hybridized carbons (Fsp3) is 0.622. The van der Waals surface area contributed by atoms with Crippen molar-refractivity contribution in [1.29, 1.82) is 0 Å². The van der Waals surface area contributed by atoms with Gasteiger partial charge in [0.05, 0.1) is 36.8 Å². The highest BCUT2D eigenvalue weighted by Crippen LogP contribution is 2.29. The number of ether oxygens (including phenoxy) is 2. The number of nitrogens with zero attached hydrogens (tertiary/aromatic N) is 2. The Morgan fingerprint density at radius 3 is 2.49 bits per heavy atom. The van der Waals surface area contributed by atoms with Crippen molar-refractivity contribution >= 4 is 17.5 Å². The highest BCUT2D eigenvalue weighted by Gasteiger charge is 2.31. The van der Waals surface area contributed by atoms with Gasteiger partial charge in [-0.15, -0.1) is 0 Å². The maximum Gasteiger partial charge on any atom is 0.258 e. The first-order chi connectivity index (χ1) is 21.7. The Morgan fingerprint density at radius 1 is 1.02 bits per heavy atom. The second kappa shape index (κ2) is 17.7. The lowest BCUT2D eigenvalue weighted by atomic mass is 9.89. The van der Waals surface area contributed by atoms with Crippen molar-refractivity contribution in [3.8, 4) is 5.75 Å². The van der Waals surface area contributed by atoms with E-state index < -0.39 is 6.04 Å². The molecule has 8 heteroatoms. The van der Waals surface area contributed by atoms with E-state index in [9.17, 15) is 14.7 Å². The summed E-state index contributed by atoms with van der Waals surface area (Å²) in [7, 11) is 2.19. The van der Waals surface area contributed by atoms with Gasteiger partial charge in [-0.25, -0.2) is 0 Å². The highest BCUT2D eigenvalue weighted by atomic mass is 16.5. The summed E-state index contributed by atoms with van der Waals surface area (Å²) < 4.78 is 12.9. The van der Waals surface area contributed by atoms with Crippen LogP contribution in [-0.4, -0.2) is 84.9 Å². The number of nitrogens with one attached hydrogen (secondary N) is 1. The van der Waals surface area contributed by atoms with Crippen LogP contribution in [0.3, 0.4) is 0 Å². The van der Waals surface area contributed by atoms with Crippen LogP contribution in [0.4, 0.5) is 5.69 Å². The van der Waals surface area contributed by atoms with Crippen LogP contribution in [0.1, 0.15) is 88.1 Å². The Kier molecular flexibility index (Phi) is 13.7. The van der Waals surface area contributed by atoms with Gasteiger partial charge in [0, 0.05) is 37.8 Å². The zero-order valence-electron chi connectivity index (χ0n) is 27.9. The maximum absolute atomic E-state index is 14.4. The molecule has 8 nitrogen and oxygen atoms in total. The molecule has 1 aliphatic carbocycles. The average molecular weight is 622 g/mol. The predicted molar refractivity (Wildman–Crippen MR) is 180 cm³/mol. The molecule has 1 saturated carbocycles. The number of fused-ring (bicyclic) bond motifs is 1. The molecule has 0 unspecified atom stereocenters. The van der Waals surface area contributed by atoms with E-state index in [-0.39, 0.29) is 43.0 Å². The summed E-state index contributed by atoms with van der Waals surface area (Å²) in [4.78, 5) is 31.4. The van der Waals surface area contributed by atoms with E-state index in [1.54, 1.807) is 23.1 Å². The number of rotatable bonds is 9. The molecular weight excluding hydrogens is 566 g/mol. The monoisotopic (exact) mass is 621 g/mol. The van der Waals surface area contributed by atoms with Gasteiger partial charge in [-0.05, 0) is 82.7 Å². The van der Waals surface area contributed by atoms with Crippen LogP contribution in [-0.2, 0) is 16.0 Å². The van der Waals surface area contributed by atoms with E-state index in [2.05, 4.69) is 24.2 Å². The average Bonchev–Trinajstić information content (AvgIpc) is 3.03. The third-order valence-corrected chi connectivity index (χ3v) is 9.33. The van der Waals surface area contributed by atoms with Crippen LogP contribution in [0.5, 0.6) is 5.75 Å². The topological polar surface area (TPSA) is 91.3 Å². The fourth-order valence-electron chi connectivity index (χ4n) is 6.64. The lowest BCUT2D eigenvalue weighted by Gasteiger charge is -2.36. The molecule has 2 amide bonds. The summed E-state index contributed by atoms with van der Waals surface area (Å²) in [5.74, 6) is 0.891. The number of aliphatic hydroxyl groups is 1. The van der Waals surface area contributed by atoms with Gasteiger partial charge in [-0.2, -0.15) is 0 Å². The zero-order chi connectivity index (χ0) is 32.2. The lowest BCUT2D eigenvalue weighted by molar-refractivity contribution is -0.115. The Morgan fingerprint density at radius 2 is 1.76 bits per heavy atom. The molecule has 1 fully saturated rings. The molecule has 45 heavy (non-hydrogen) atoms. The van der Waals surface area contributed by atoms with Crippen molar-refractivity contribution in [1.82, 2.24) is 9.80 Å². The number of carbonyl (C=O) groups excluding carboxylic acids is 2. The summed E-state index contributed by atoms with van der Waals surface area (Å²) >= 11 is 0. The van der Waals surface area contributed by atoms with E-state index in [0.717, 1.165) is 43.8 Å². The number of amides is 2. The third kappa shape index (κ3) is 10.8. The van der Waals surface area contributed by atoms with Gasteiger partial charge in [0.1, 0.15) is 5.75 Å². The number of benzene rings is 2. The molecule has 4 rings (SSSR count). The molecule has 4 atom stereocenters. The van der Waals surface area contributed by atoms with Crippen LogP contribution in [0, 0.1) is 11.8 Å². The van der Waals surface area contributed by atoms with E-state index >= 15 is 0 Å². The van der Waals surface area contributed by atoms with E-state index in [1.165, 1.54) is 32.1 Å². The molecule has 2 aromatic rings. The minimum Gasteiger partial charge on any atom is -0.490 e. The molecule has 248 valence electrons. The molecule has 0 spiro atoms. The Labute approximate surface area is 270 Å². The second-order valence-electron chi connectivity index (χ2n) is 13.4. The van der Waals surface area contributed by atoms with Gasteiger partial charge < -0.3 is 29.7 Å². The smallest absolute Gasteiger partial charge is 0.258 e. The summed E-state index contributed by atoms with van der Waals surface area (Å²) in [5, 5.41) is 13.2. The van der Waals surface area contributed by atoms with Gasteiger partial charge >= 0.3 is 0 Å². The normalized spacial score (nSPS) is 23.1. The van der Waals surface area contributed by atoms with E-state index in [0.29, 0.717) is 30.2 Å². The maximum atomic E-state index is 14.4. The largest absolute Gasteiger partial charge is 0.490 e. The Hall–Kier alpha value is -2.94. The van der Waals surface area contributed by atoms with Gasteiger partial charge in [0.25, 0.3) is 5.91 Å². The molecule has 0 saturated heterocycles. The summed E-state index contributed by atoms with van der Waals surface area (Å²) in [6.07, 6.45) is 9.45. The number of aliphatic hydroxyl groups excluding tert-OH is 1. The first-order valence-corrected chi connectivity index (χ1v) is 17.1. The second-order valence-corrected chi connectivity index (χ2v) is 13.4. The van der Waals surface area contributed by atoms with E-state index in [4.69, 9.17) is 9.47 Å². The van der Waals surface area contributed by atoms with Crippen molar-refractivity contribution < 1.29 is 24.2 Å². The molecule has 0 radical (unpaired) electrons. The number of anilines is 1. The first-order valence-electron chi connectivity index (χ1n) is 17.1. The lowest BCUT2D eigenvalue weighted by Crippen LogP contribution is -2.47. The first kappa shape index (κ1) is 34.9. The van der Waals surface area contributed by atoms with E-state index in [1.807, 2.05) is 44.2 Å². The number of hydrogen-bond donors (Lipinski definition) is 2. The van der Waals surface area contributed by atoms with Gasteiger partial charge in [0.2, 0.25) is 5.91 Å². The van der Waals surface area contributed by atoms with Crippen molar-refractivity contribution in [2.24, 2.45) is 11.8 Å². The SMILES string of the molecule is C[C@H]1CCCCO[C@@H](CN(C)CC2CCCCC2)[C@@H](C)CN([C@@H](C)CO)C(=O)c2cc(NC(=O)Cc3ccccc3)ccc2O1. The Balaban J connectivity index is 1.56. The van der Waals surface area contributed by atoms with Gasteiger partial charge in [-0.3, -0.25) is 9.59 Å². The van der Waals surface area contributed by atoms with Crippen LogP contribution >= 0.6 is 0 Å². The van der Waals surface area contributed by atoms with Crippen LogP contribution < -0.4 is 10.1 Å². The van der Waals surface area contributed by atoms with Crippen molar-refractivity contribution in [3.05, 3.63) is 59.7 Å². The van der Waals surface area contributed by atoms with Crippen LogP contribution in [0.25, 0.3) is 0 Å². The molecule has 1 aliphatic heterocycles. The molecule has 1 heterocycles. The molecule has 2 N–H and O–H groups in total.